The topological polar surface area (TPSA) is 18.5 Å². The second kappa shape index (κ2) is 8.85. The highest BCUT2D eigenvalue weighted by atomic mass is 35.5. The average Bonchev–Trinajstić information content (AvgIpc) is 2.40. The van der Waals surface area contributed by atoms with Gasteiger partial charge in [-0.25, -0.2) is 0 Å². The van der Waals surface area contributed by atoms with Gasteiger partial charge in [0, 0.05) is 38.0 Å². The quantitative estimate of drug-likeness (QED) is 0.583. The summed E-state index contributed by atoms with van der Waals surface area (Å²) in [6.45, 7) is 4.79. The van der Waals surface area contributed by atoms with Crippen molar-refractivity contribution in [1.82, 2.24) is 0 Å². The molecule has 0 heterocycles. The molecular weight excluding hydrogens is 260 g/mol. The van der Waals surface area contributed by atoms with Crippen LogP contribution in [0.5, 0.6) is 5.75 Å². The van der Waals surface area contributed by atoms with E-state index in [1.54, 1.807) is 7.11 Å². The highest BCUT2D eigenvalue weighted by Gasteiger charge is 2.06. The zero-order chi connectivity index (χ0) is 14.1. The average molecular weight is 281 g/mol. The van der Waals surface area contributed by atoms with E-state index in [2.05, 4.69) is 11.8 Å². The highest BCUT2D eigenvalue weighted by Crippen LogP contribution is 2.20. The molecule has 1 rings (SSSR count). The van der Waals surface area contributed by atoms with Gasteiger partial charge in [-0.15, -0.1) is 11.6 Å². The molecule has 1 atom stereocenters. The lowest BCUT2D eigenvalue weighted by atomic mass is 10.1. The van der Waals surface area contributed by atoms with E-state index < -0.39 is 0 Å². The lowest BCUT2D eigenvalue weighted by Gasteiger charge is -2.16. The molecule has 0 bridgehead atoms. The predicted octanol–water partition coefficient (Wildman–Crippen LogP) is 3.78. The van der Waals surface area contributed by atoms with Crippen LogP contribution in [-0.4, -0.2) is 25.7 Å². The van der Waals surface area contributed by atoms with E-state index >= 15 is 0 Å². The number of alkyl halides is 1. The fraction of sp³-hybridized carbons (Fsp3) is 0.500. The van der Waals surface area contributed by atoms with Crippen LogP contribution >= 0.6 is 11.6 Å². The van der Waals surface area contributed by atoms with Crippen molar-refractivity contribution >= 4 is 11.6 Å². The minimum absolute atomic E-state index is 0.145. The van der Waals surface area contributed by atoms with Crippen LogP contribution in [0.25, 0.3) is 0 Å². The summed E-state index contributed by atoms with van der Waals surface area (Å²) in [5.41, 5.74) is 2.10. The van der Waals surface area contributed by atoms with Crippen molar-refractivity contribution in [1.29, 1.82) is 0 Å². The van der Waals surface area contributed by atoms with E-state index in [1.807, 2.05) is 32.0 Å². The van der Waals surface area contributed by atoms with Crippen LogP contribution in [0, 0.1) is 18.8 Å². The zero-order valence-corrected chi connectivity index (χ0v) is 12.6. The molecule has 0 aromatic heterocycles. The summed E-state index contributed by atoms with van der Waals surface area (Å²) in [5.74, 6) is 7.60. The number of ether oxygens (including phenoxy) is 2. The van der Waals surface area contributed by atoms with Crippen LogP contribution in [0.4, 0.5) is 0 Å². The van der Waals surface area contributed by atoms with Gasteiger partial charge in [0.2, 0.25) is 0 Å². The smallest absolute Gasteiger partial charge is 0.122 e. The maximum atomic E-state index is 5.88. The normalized spacial score (nSPS) is 11.6. The number of hydrogen-bond acceptors (Lipinski definition) is 2. The van der Waals surface area contributed by atoms with E-state index in [4.69, 9.17) is 21.1 Å². The zero-order valence-electron chi connectivity index (χ0n) is 11.8. The molecule has 3 heteroatoms. The van der Waals surface area contributed by atoms with Crippen molar-refractivity contribution in [2.45, 2.75) is 32.8 Å². The summed E-state index contributed by atoms with van der Waals surface area (Å²) in [6.07, 6.45) is 1.74. The molecule has 0 spiro atoms. The molecule has 0 saturated heterocycles. The lowest BCUT2D eigenvalue weighted by Crippen LogP contribution is -2.14. The molecule has 1 unspecified atom stereocenters. The van der Waals surface area contributed by atoms with Crippen LogP contribution in [0.15, 0.2) is 18.2 Å². The van der Waals surface area contributed by atoms with Crippen molar-refractivity contribution in [2.75, 3.05) is 19.6 Å². The second-order valence-corrected chi connectivity index (χ2v) is 4.81. The van der Waals surface area contributed by atoms with Crippen molar-refractivity contribution in [3.05, 3.63) is 29.3 Å². The second-order valence-electron chi connectivity index (χ2n) is 4.43. The maximum absolute atomic E-state index is 5.88. The van der Waals surface area contributed by atoms with E-state index in [0.717, 1.165) is 23.3 Å². The van der Waals surface area contributed by atoms with Gasteiger partial charge in [-0.3, -0.25) is 0 Å². The Bertz CT molecular complexity index is 446. The predicted molar refractivity (Wildman–Crippen MR) is 80.0 cm³/mol. The number of halogens is 1. The molecule has 2 nitrogen and oxygen atoms in total. The Hall–Kier alpha value is -1.17. The summed E-state index contributed by atoms with van der Waals surface area (Å²) in [5, 5.41) is 0. The number of rotatable bonds is 6. The van der Waals surface area contributed by atoms with Crippen molar-refractivity contribution < 1.29 is 9.47 Å². The van der Waals surface area contributed by atoms with Crippen molar-refractivity contribution in [3.8, 4) is 17.6 Å². The number of hydrogen-bond donors (Lipinski definition) is 0. The lowest BCUT2D eigenvalue weighted by molar-refractivity contribution is 0.135. The molecular formula is C16H21ClO2. The largest absolute Gasteiger partial charge is 0.490 e. The molecule has 0 fully saturated rings. The summed E-state index contributed by atoms with van der Waals surface area (Å²) in [4.78, 5) is 0. The first-order chi connectivity index (χ1) is 9.17. The first-order valence-corrected chi connectivity index (χ1v) is 7.02. The van der Waals surface area contributed by atoms with Gasteiger partial charge in [0.25, 0.3) is 0 Å². The first kappa shape index (κ1) is 15.9. The molecule has 0 aliphatic rings. The van der Waals surface area contributed by atoms with E-state index in [9.17, 15) is 0 Å². The number of aryl methyl sites for hydroxylation is 1. The van der Waals surface area contributed by atoms with E-state index in [0.29, 0.717) is 18.9 Å². The Kier molecular flexibility index (Phi) is 7.40. The molecule has 0 aliphatic carbocycles. The Labute approximate surface area is 121 Å². The van der Waals surface area contributed by atoms with Crippen LogP contribution < -0.4 is 4.74 Å². The van der Waals surface area contributed by atoms with Gasteiger partial charge >= 0.3 is 0 Å². The molecule has 0 amide bonds. The van der Waals surface area contributed by atoms with E-state index in [-0.39, 0.29) is 6.10 Å². The van der Waals surface area contributed by atoms with Gasteiger partial charge in [-0.2, -0.15) is 0 Å². The Morgan fingerprint density at radius 3 is 2.79 bits per heavy atom. The van der Waals surface area contributed by atoms with Gasteiger partial charge in [0.05, 0.1) is 6.10 Å². The molecule has 0 radical (unpaired) electrons. The Balaban J connectivity index is 2.64. The third-order valence-electron chi connectivity index (χ3n) is 2.68. The van der Waals surface area contributed by atoms with Gasteiger partial charge in [0.15, 0.2) is 0 Å². The maximum Gasteiger partial charge on any atom is 0.122 e. The van der Waals surface area contributed by atoms with Gasteiger partial charge < -0.3 is 9.47 Å². The number of benzene rings is 1. The minimum atomic E-state index is 0.145. The Morgan fingerprint density at radius 1 is 1.37 bits per heavy atom. The van der Waals surface area contributed by atoms with Gasteiger partial charge in [-0.05, 0) is 37.6 Å². The molecule has 1 aromatic carbocycles. The monoisotopic (exact) mass is 280 g/mol. The molecule has 1 aromatic rings. The first-order valence-electron chi connectivity index (χ1n) is 6.48. The molecule has 0 N–H and O–H groups in total. The van der Waals surface area contributed by atoms with Crippen molar-refractivity contribution in [3.63, 3.8) is 0 Å². The molecule has 19 heavy (non-hydrogen) atoms. The number of methoxy groups -OCH3 is 1. The third-order valence-corrected chi connectivity index (χ3v) is 2.87. The third kappa shape index (κ3) is 6.00. The van der Waals surface area contributed by atoms with Crippen LogP contribution in [0.1, 0.15) is 30.9 Å². The van der Waals surface area contributed by atoms with Crippen LogP contribution in [0.3, 0.4) is 0 Å². The summed E-state index contributed by atoms with van der Waals surface area (Å²) >= 11 is 5.59. The van der Waals surface area contributed by atoms with E-state index in [1.165, 1.54) is 0 Å². The fourth-order valence-electron chi connectivity index (χ4n) is 1.63. The van der Waals surface area contributed by atoms with Crippen LogP contribution in [0.2, 0.25) is 0 Å². The Morgan fingerprint density at radius 2 is 2.16 bits per heavy atom. The summed E-state index contributed by atoms with van der Waals surface area (Å²) in [6, 6.07) is 6.00. The minimum Gasteiger partial charge on any atom is -0.490 e. The molecule has 0 saturated carbocycles. The summed E-state index contributed by atoms with van der Waals surface area (Å²) < 4.78 is 10.9. The molecule has 104 valence electrons. The highest BCUT2D eigenvalue weighted by molar-refractivity contribution is 6.18. The van der Waals surface area contributed by atoms with Gasteiger partial charge in [0.1, 0.15) is 5.75 Å². The molecule has 0 aliphatic heterocycles. The fourth-order valence-corrected chi connectivity index (χ4v) is 1.73. The SMILES string of the molecule is COCCC(C)Oc1ccc(C#CCCCl)cc1C. The van der Waals surface area contributed by atoms with Crippen molar-refractivity contribution in [2.24, 2.45) is 0 Å². The summed E-state index contributed by atoms with van der Waals surface area (Å²) in [7, 11) is 1.70. The van der Waals surface area contributed by atoms with Gasteiger partial charge in [-0.1, -0.05) is 11.8 Å². The van der Waals surface area contributed by atoms with Crippen LogP contribution in [-0.2, 0) is 4.74 Å². The standard InChI is InChI=1S/C16H21ClO2/c1-13-12-15(6-4-5-10-17)7-8-16(13)19-14(2)9-11-18-3/h7-8,12,14H,5,9-11H2,1-3H3.